The molecule has 17 heteroatoms. The van der Waals surface area contributed by atoms with Gasteiger partial charge in [0, 0.05) is 36.8 Å². The summed E-state index contributed by atoms with van der Waals surface area (Å²) in [7, 11) is -1.90. The highest BCUT2D eigenvalue weighted by Crippen LogP contribution is 2.40. The molecule has 2 unspecified atom stereocenters. The van der Waals surface area contributed by atoms with E-state index >= 15 is 8.78 Å². The lowest BCUT2D eigenvalue weighted by molar-refractivity contribution is -0.380. The first-order valence-corrected chi connectivity index (χ1v) is 20.4. The van der Waals surface area contributed by atoms with Gasteiger partial charge in [0.1, 0.15) is 23.6 Å². The molecule has 4 aromatic carbocycles. The Morgan fingerprint density at radius 3 is 2.13 bits per heavy atom. The van der Waals surface area contributed by atoms with Crippen LogP contribution in [0.25, 0.3) is 10.9 Å². The summed E-state index contributed by atoms with van der Waals surface area (Å²) in [6.45, 7) is -0.126. The molecule has 14 nitrogen and oxygen atoms in total. The monoisotopic (exact) mass is 845 g/mol. The number of aromatic carboxylic acids is 1. The van der Waals surface area contributed by atoms with E-state index in [9.17, 15) is 29.2 Å². The van der Waals surface area contributed by atoms with Crippen LogP contribution in [0, 0.1) is 11.6 Å². The predicted octanol–water partition coefficient (Wildman–Crippen LogP) is 6.82. The molecule has 314 valence electrons. The SMILES string of the molecule is O=[PH2]OC(OCc1ccccc1)(OCc1ccccc1)C1CN(c2ccc(OCC3(O)CCN(c4cc5c(cc4F)c(=O)c(C(=O)O)cn5C4CC4)CC3)c(F)c2)C(=O)O1. The summed E-state index contributed by atoms with van der Waals surface area (Å²) in [5.74, 6) is -5.14. The van der Waals surface area contributed by atoms with Gasteiger partial charge in [0.15, 0.2) is 20.3 Å². The molecule has 2 aliphatic heterocycles. The van der Waals surface area contributed by atoms with Gasteiger partial charge in [-0.3, -0.25) is 18.8 Å². The number of piperidine rings is 1. The Morgan fingerprint density at radius 2 is 1.55 bits per heavy atom. The van der Waals surface area contributed by atoms with E-state index in [1.54, 1.807) is 15.5 Å². The van der Waals surface area contributed by atoms with Crippen LogP contribution in [0.4, 0.5) is 25.0 Å². The smallest absolute Gasteiger partial charge is 0.415 e. The molecule has 2 atom stereocenters. The largest absolute Gasteiger partial charge is 0.488 e. The number of hydrogen-bond acceptors (Lipinski definition) is 11. The van der Waals surface area contributed by atoms with Crippen molar-refractivity contribution in [1.82, 2.24) is 4.57 Å². The third kappa shape index (κ3) is 8.65. The molecule has 0 bridgehead atoms. The summed E-state index contributed by atoms with van der Waals surface area (Å²) in [6, 6.07) is 24.7. The van der Waals surface area contributed by atoms with Gasteiger partial charge >= 0.3 is 18.0 Å². The Balaban J connectivity index is 0.929. The van der Waals surface area contributed by atoms with Crippen molar-refractivity contribution in [3.05, 3.63) is 136 Å². The second kappa shape index (κ2) is 17.1. The molecule has 3 aliphatic rings. The van der Waals surface area contributed by atoms with E-state index in [1.165, 1.54) is 18.3 Å². The number of halogens is 2. The number of carboxylic acid groups (broad SMARTS) is 1. The quantitative estimate of drug-likeness (QED) is 0.0787. The molecule has 2 N–H and O–H groups in total. The van der Waals surface area contributed by atoms with Crippen LogP contribution in [0.5, 0.6) is 5.75 Å². The highest BCUT2D eigenvalue weighted by atomic mass is 31.1. The summed E-state index contributed by atoms with van der Waals surface area (Å²) in [4.78, 5) is 40.8. The van der Waals surface area contributed by atoms with E-state index in [0.717, 1.165) is 41.0 Å². The molecule has 1 amide bonds. The number of benzene rings is 4. The normalized spacial score (nSPS) is 18.1. The Bertz CT molecular complexity index is 2420. The predicted molar refractivity (Wildman–Crippen MR) is 216 cm³/mol. The minimum absolute atomic E-state index is 0.0116. The zero-order chi connectivity index (χ0) is 42.0. The van der Waals surface area contributed by atoms with Gasteiger partial charge < -0.3 is 38.6 Å². The summed E-state index contributed by atoms with van der Waals surface area (Å²) >= 11 is 0. The van der Waals surface area contributed by atoms with E-state index in [2.05, 4.69) is 0 Å². The number of hydrogen-bond donors (Lipinski definition) is 2. The average molecular weight is 846 g/mol. The van der Waals surface area contributed by atoms with Crippen LogP contribution in [-0.4, -0.2) is 70.8 Å². The van der Waals surface area contributed by atoms with Crippen LogP contribution < -0.4 is 20.0 Å². The Kier molecular flexibility index (Phi) is 11.7. The number of carboxylic acids is 1. The molecule has 1 saturated carbocycles. The molecule has 1 aliphatic carbocycles. The third-order valence-electron chi connectivity index (χ3n) is 11.0. The van der Waals surface area contributed by atoms with Crippen molar-refractivity contribution in [1.29, 1.82) is 0 Å². The number of pyridine rings is 1. The third-order valence-corrected chi connectivity index (χ3v) is 11.4. The molecule has 0 spiro atoms. The Labute approximate surface area is 343 Å². The highest BCUT2D eigenvalue weighted by molar-refractivity contribution is 7.17. The van der Waals surface area contributed by atoms with Gasteiger partial charge in [-0.15, -0.1) is 0 Å². The van der Waals surface area contributed by atoms with Crippen LogP contribution in [0.3, 0.4) is 0 Å². The second-order valence-electron chi connectivity index (χ2n) is 15.1. The first kappa shape index (κ1) is 41.1. The van der Waals surface area contributed by atoms with E-state index in [-0.39, 0.29) is 80.8 Å². The van der Waals surface area contributed by atoms with Gasteiger partial charge in [-0.1, -0.05) is 60.7 Å². The average Bonchev–Trinajstić information content (AvgIpc) is 4.02. The number of ether oxygens (including phenoxy) is 4. The van der Waals surface area contributed by atoms with Crippen molar-refractivity contribution >= 4 is 43.0 Å². The van der Waals surface area contributed by atoms with Crippen LogP contribution in [-0.2, 0) is 36.5 Å². The number of aliphatic hydroxyl groups is 1. The van der Waals surface area contributed by atoms with Crippen LogP contribution in [0.15, 0.2) is 102 Å². The number of carbonyl (C=O) groups is 2. The minimum Gasteiger partial charge on any atom is -0.488 e. The van der Waals surface area contributed by atoms with Gasteiger partial charge in [-0.2, -0.15) is 0 Å². The van der Waals surface area contributed by atoms with Gasteiger partial charge in [0.25, 0.3) is 0 Å². The van der Waals surface area contributed by atoms with E-state index in [1.807, 2.05) is 60.7 Å². The van der Waals surface area contributed by atoms with Gasteiger partial charge in [-0.25, -0.2) is 18.4 Å². The van der Waals surface area contributed by atoms with Crippen molar-refractivity contribution in [3.63, 3.8) is 0 Å². The molecular formula is C43H42F2N3O11P. The lowest BCUT2D eigenvalue weighted by atomic mass is 9.92. The number of anilines is 2. The Hall–Kier alpha value is -5.64. The zero-order valence-corrected chi connectivity index (χ0v) is 33.4. The number of aromatic nitrogens is 1. The van der Waals surface area contributed by atoms with Gasteiger partial charge in [-0.05, 0) is 61.1 Å². The molecular weight excluding hydrogens is 803 g/mol. The van der Waals surface area contributed by atoms with Gasteiger partial charge in [0.2, 0.25) is 11.5 Å². The van der Waals surface area contributed by atoms with Crippen LogP contribution in [0.1, 0.15) is 53.2 Å². The lowest BCUT2D eigenvalue weighted by Crippen LogP contribution is -2.50. The van der Waals surface area contributed by atoms with Crippen molar-refractivity contribution in [3.8, 4) is 5.75 Å². The molecule has 0 radical (unpaired) electrons. The van der Waals surface area contributed by atoms with Crippen molar-refractivity contribution in [2.24, 2.45) is 0 Å². The van der Waals surface area contributed by atoms with Crippen molar-refractivity contribution in [2.75, 3.05) is 36.0 Å². The summed E-state index contributed by atoms with van der Waals surface area (Å²) < 4.78 is 74.3. The molecule has 2 saturated heterocycles. The van der Waals surface area contributed by atoms with E-state index in [0.29, 0.717) is 5.52 Å². The fraction of sp³-hybridized carbons (Fsp3) is 0.326. The van der Waals surface area contributed by atoms with Crippen LogP contribution in [0.2, 0.25) is 0 Å². The topological polar surface area (TPSA) is 166 Å². The van der Waals surface area contributed by atoms with E-state index in [4.69, 9.17) is 23.5 Å². The highest BCUT2D eigenvalue weighted by Gasteiger charge is 2.52. The van der Waals surface area contributed by atoms with Crippen LogP contribution >= 0.6 is 8.69 Å². The van der Waals surface area contributed by atoms with Gasteiger partial charge in [0.05, 0.1) is 36.6 Å². The molecule has 3 heterocycles. The number of carbonyl (C=O) groups excluding carboxylic acids is 1. The maximum absolute atomic E-state index is 15.6. The van der Waals surface area contributed by atoms with E-state index < -0.39 is 61.1 Å². The fourth-order valence-electron chi connectivity index (χ4n) is 7.52. The number of nitrogens with zero attached hydrogens (tertiary/aromatic N) is 3. The lowest BCUT2D eigenvalue weighted by Gasteiger charge is -2.39. The number of rotatable bonds is 16. The number of amides is 1. The molecule has 3 fully saturated rings. The first-order valence-electron chi connectivity index (χ1n) is 19.4. The molecule has 5 aromatic rings. The first-order chi connectivity index (χ1) is 29.0. The summed E-state index contributed by atoms with van der Waals surface area (Å²) in [6.07, 6.45) is 1.14. The number of cyclic esters (lactones) is 1. The zero-order valence-electron chi connectivity index (χ0n) is 32.2. The molecule has 8 rings (SSSR count). The fourth-order valence-corrected chi connectivity index (χ4v) is 7.94. The maximum atomic E-state index is 15.6. The minimum atomic E-state index is -2.08. The summed E-state index contributed by atoms with van der Waals surface area (Å²) in [5.41, 5.74) is -0.273. The standard InChI is InChI=1S/C43H42F2N3O11P/c44-33-20-31-35(47(29-11-12-29)22-32(39(31)49)40(50)51)21-36(33)46-17-15-42(53,16-18-46)26-55-37-14-13-30(19-34(37)45)48-23-38(58-41(48)52)43(59-60-54,56-24-27-7-3-1-4-8-27)57-25-28-9-5-2-6-10-28/h1-10,13-14,19-22,29,38,53H,11-12,15-18,23-26,60H2,(H,50,51). The van der Waals surface area contributed by atoms with Crippen molar-refractivity contribution < 1.29 is 56.6 Å². The Morgan fingerprint density at radius 1 is 0.900 bits per heavy atom. The summed E-state index contributed by atoms with van der Waals surface area (Å²) in [5, 5.41) is 21.0. The molecule has 1 aromatic heterocycles. The second-order valence-corrected chi connectivity index (χ2v) is 15.5. The molecule has 60 heavy (non-hydrogen) atoms. The maximum Gasteiger partial charge on any atom is 0.415 e. The number of fused-ring (bicyclic) bond motifs is 1. The van der Waals surface area contributed by atoms with Crippen molar-refractivity contribution in [2.45, 2.75) is 62.6 Å².